The van der Waals surface area contributed by atoms with Crippen molar-refractivity contribution in [1.82, 2.24) is 0 Å². The second kappa shape index (κ2) is 8.65. The Morgan fingerprint density at radius 3 is 1.77 bits per heavy atom. The van der Waals surface area contributed by atoms with E-state index in [1.807, 2.05) is 25.1 Å². The maximum atomic E-state index is 9.40. The molecule has 4 rings (SSSR count). The molecule has 4 aromatic carbocycles. The van der Waals surface area contributed by atoms with Crippen molar-refractivity contribution in [3.8, 4) is 22.3 Å². The molecule has 0 aliphatic heterocycles. The van der Waals surface area contributed by atoms with Crippen molar-refractivity contribution in [2.24, 2.45) is 0 Å². The molecule has 0 nitrogen and oxygen atoms in total. The summed E-state index contributed by atoms with van der Waals surface area (Å²) in [5.41, 5.74) is 7.00. The molecular formula is C29H30Ge. The fraction of sp³-hybridized carbons (Fsp3) is 0.172. The molecule has 0 bridgehead atoms. The van der Waals surface area contributed by atoms with E-state index in [9.17, 15) is 1.37 Å². The van der Waals surface area contributed by atoms with Gasteiger partial charge in [-0.25, -0.2) is 0 Å². The van der Waals surface area contributed by atoms with Crippen LogP contribution in [0.1, 0.15) is 25.3 Å². The Kier molecular flexibility index (Phi) is 5.59. The van der Waals surface area contributed by atoms with Crippen LogP contribution < -0.4 is 4.40 Å². The molecule has 1 atom stereocenters. The van der Waals surface area contributed by atoms with Crippen LogP contribution in [0.3, 0.4) is 0 Å². The third kappa shape index (κ3) is 4.44. The Bertz CT molecular complexity index is 1170. The Morgan fingerprint density at radius 2 is 1.13 bits per heavy atom. The molecule has 4 aromatic rings. The first-order chi connectivity index (χ1) is 14.8. The first kappa shape index (κ1) is 19.4. The molecule has 1 heteroatoms. The SMILES string of the molecule is [2H]C(C)(c1ccccc1)c1cc(-c2cccc(-c3ccccc3)c2)cc[c]1[Ge]([CH3])([CH3])[CH3]. The second-order valence-electron chi connectivity index (χ2n) is 8.95. The van der Waals surface area contributed by atoms with Crippen LogP contribution in [0.2, 0.25) is 17.3 Å². The van der Waals surface area contributed by atoms with Gasteiger partial charge in [-0.1, -0.05) is 0 Å². The molecule has 30 heavy (non-hydrogen) atoms. The molecule has 0 aliphatic carbocycles. The zero-order chi connectivity index (χ0) is 22.1. The first-order valence-corrected chi connectivity index (χ1v) is 18.0. The summed E-state index contributed by atoms with van der Waals surface area (Å²) in [5.74, 6) is 6.45. The van der Waals surface area contributed by atoms with E-state index in [4.69, 9.17) is 0 Å². The summed E-state index contributed by atoms with van der Waals surface area (Å²) in [6.45, 7) is 2.04. The number of benzene rings is 4. The molecule has 0 spiro atoms. The zero-order valence-electron chi connectivity index (χ0n) is 19.3. The second-order valence-corrected chi connectivity index (χ2v) is 19.5. The van der Waals surface area contributed by atoms with Crippen LogP contribution in [0.4, 0.5) is 0 Å². The van der Waals surface area contributed by atoms with Gasteiger partial charge in [-0.15, -0.1) is 0 Å². The van der Waals surface area contributed by atoms with Crippen LogP contribution in [0, 0.1) is 0 Å². The van der Waals surface area contributed by atoms with E-state index in [-0.39, 0.29) is 0 Å². The topological polar surface area (TPSA) is 0 Å². The molecule has 0 saturated heterocycles. The van der Waals surface area contributed by atoms with Crippen molar-refractivity contribution in [3.05, 3.63) is 114 Å². The molecule has 0 heterocycles. The van der Waals surface area contributed by atoms with Crippen LogP contribution >= 0.6 is 0 Å². The van der Waals surface area contributed by atoms with Gasteiger partial charge in [0.1, 0.15) is 0 Å². The monoisotopic (exact) mass is 453 g/mol. The van der Waals surface area contributed by atoms with Gasteiger partial charge in [0.25, 0.3) is 0 Å². The summed E-state index contributed by atoms with van der Waals surface area (Å²) < 4.78 is 10.8. The summed E-state index contributed by atoms with van der Waals surface area (Å²) in [7, 11) is 0. The molecule has 1 unspecified atom stereocenters. The molecule has 0 radical (unpaired) electrons. The number of hydrogen-bond donors (Lipinski definition) is 0. The number of hydrogen-bond acceptors (Lipinski definition) is 0. The zero-order valence-corrected chi connectivity index (χ0v) is 20.4. The third-order valence-electron chi connectivity index (χ3n) is 5.74. The quantitative estimate of drug-likeness (QED) is 0.272. The van der Waals surface area contributed by atoms with Gasteiger partial charge in [0.2, 0.25) is 0 Å². The van der Waals surface area contributed by atoms with Crippen LogP contribution in [-0.4, -0.2) is 13.3 Å². The fourth-order valence-corrected chi connectivity index (χ4v) is 7.50. The standard InChI is InChI=1S/C29H30Ge/c1-22(23-12-7-5-8-13-23)28-21-27(18-19-29(28)30(2,3)4)26-17-11-16-25(20-26)24-14-9-6-10-15-24/h5-22H,1-4H3/i22D. The third-order valence-corrected chi connectivity index (χ3v) is 10.0. The van der Waals surface area contributed by atoms with Gasteiger partial charge in [0.15, 0.2) is 0 Å². The van der Waals surface area contributed by atoms with Gasteiger partial charge >= 0.3 is 186 Å². The van der Waals surface area contributed by atoms with E-state index in [0.29, 0.717) is 0 Å². The molecule has 0 fully saturated rings. The summed E-state index contributed by atoms with van der Waals surface area (Å²) in [5, 5.41) is 0. The van der Waals surface area contributed by atoms with Crippen molar-refractivity contribution >= 4 is 17.7 Å². The maximum absolute atomic E-state index is 9.40. The number of rotatable bonds is 5. The van der Waals surface area contributed by atoms with Gasteiger partial charge in [0.05, 0.1) is 0 Å². The van der Waals surface area contributed by atoms with Gasteiger partial charge in [-0.3, -0.25) is 0 Å². The molecular weight excluding hydrogens is 421 g/mol. The Morgan fingerprint density at radius 1 is 0.600 bits per heavy atom. The first-order valence-electron chi connectivity index (χ1n) is 11.1. The van der Waals surface area contributed by atoms with E-state index in [1.54, 1.807) is 0 Å². The van der Waals surface area contributed by atoms with E-state index >= 15 is 0 Å². The van der Waals surface area contributed by atoms with Gasteiger partial charge < -0.3 is 0 Å². The van der Waals surface area contributed by atoms with Crippen LogP contribution in [0.5, 0.6) is 0 Å². The summed E-state index contributed by atoms with van der Waals surface area (Å²) >= 11 is -2.18. The molecule has 0 saturated carbocycles. The fourth-order valence-electron chi connectivity index (χ4n) is 4.04. The van der Waals surface area contributed by atoms with Crippen LogP contribution in [0.25, 0.3) is 22.3 Å². The van der Waals surface area contributed by atoms with E-state index in [1.165, 1.54) is 26.6 Å². The molecule has 0 amide bonds. The molecule has 0 aliphatic rings. The van der Waals surface area contributed by atoms with Crippen LogP contribution in [0.15, 0.2) is 103 Å². The Labute approximate surface area is 185 Å². The van der Waals surface area contributed by atoms with Crippen molar-refractivity contribution < 1.29 is 1.37 Å². The molecule has 0 aromatic heterocycles. The molecule has 150 valence electrons. The van der Waals surface area contributed by atoms with Gasteiger partial charge in [-0.2, -0.15) is 0 Å². The van der Waals surface area contributed by atoms with Crippen molar-refractivity contribution in [2.75, 3.05) is 0 Å². The normalized spacial score (nSPS) is 14.1. The summed E-state index contributed by atoms with van der Waals surface area (Å²) in [6, 6.07) is 36.3. The average Bonchev–Trinajstić information content (AvgIpc) is 2.79. The summed E-state index contributed by atoms with van der Waals surface area (Å²) in [4.78, 5) is 0. The van der Waals surface area contributed by atoms with Crippen molar-refractivity contribution in [3.63, 3.8) is 0 Å². The van der Waals surface area contributed by atoms with Crippen LogP contribution in [-0.2, 0) is 0 Å². The van der Waals surface area contributed by atoms with Crippen molar-refractivity contribution in [2.45, 2.75) is 30.1 Å². The van der Waals surface area contributed by atoms with Gasteiger partial charge in [-0.05, 0) is 0 Å². The minimum absolute atomic E-state index is 0.790. The Hall–Kier alpha value is -2.58. The van der Waals surface area contributed by atoms with E-state index < -0.39 is 19.2 Å². The van der Waals surface area contributed by atoms with Gasteiger partial charge in [0, 0.05) is 0 Å². The predicted octanol–water partition coefficient (Wildman–Crippen LogP) is 7.72. The van der Waals surface area contributed by atoms with E-state index in [0.717, 1.165) is 11.1 Å². The van der Waals surface area contributed by atoms with Crippen molar-refractivity contribution in [1.29, 1.82) is 0 Å². The molecule has 0 N–H and O–H groups in total. The minimum atomic E-state index is -2.18. The summed E-state index contributed by atoms with van der Waals surface area (Å²) in [6.07, 6.45) is 0. The predicted molar refractivity (Wildman–Crippen MR) is 134 cm³/mol. The Balaban J connectivity index is 1.86. The van der Waals surface area contributed by atoms with E-state index in [2.05, 4.69) is 102 Å². The average molecular weight is 452 g/mol.